The Morgan fingerprint density at radius 2 is 2.15 bits per heavy atom. The van der Waals surface area contributed by atoms with E-state index in [1.807, 2.05) is 18.3 Å². The summed E-state index contributed by atoms with van der Waals surface area (Å²) in [6.07, 6.45) is 7.02. The predicted octanol–water partition coefficient (Wildman–Crippen LogP) is 2.97. The second-order valence-electron chi connectivity index (χ2n) is 5.83. The van der Waals surface area contributed by atoms with Gasteiger partial charge in [0.25, 0.3) is 0 Å². The molecule has 0 amide bonds. The van der Waals surface area contributed by atoms with E-state index in [4.69, 9.17) is 11.6 Å². The van der Waals surface area contributed by atoms with Crippen LogP contribution in [-0.4, -0.2) is 38.6 Å². The number of fused-ring (bicyclic) bond motifs is 2. The lowest BCUT2D eigenvalue weighted by Gasteiger charge is -2.33. The number of hydrogen-bond acceptors (Lipinski definition) is 3. The lowest BCUT2D eigenvalue weighted by Crippen LogP contribution is -2.38. The summed E-state index contributed by atoms with van der Waals surface area (Å²) in [5, 5.41) is 0. The molecule has 106 valence electrons. The van der Waals surface area contributed by atoms with Crippen LogP contribution in [0.5, 0.6) is 0 Å². The van der Waals surface area contributed by atoms with Crippen molar-refractivity contribution in [2.24, 2.45) is 0 Å². The van der Waals surface area contributed by atoms with E-state index in [0.29, 0.717) is 18.0 Å². The molecule has 5 heteroatoms. The van der Waals surface area contributed by atoms with Crippen LogP contribution in [0.3, 0.4) is 0 Å². The molecule has 4 rings (SSSR count). The Bertz CT molecular complexity index is 623. The highest BCUT2D eigenvalue weighted by Crippen LogP contribution is 2.37. The van der Waals surface area contributed by atoms with Gasteiger partial charge in [0.15, 0.2) is 5.65 Å². The summed E-state index contributed by atoms with van der Waals surface area (Å²) in [6, 6.07) is 5.11. The third-order valence-corrected chi connectivity index (χ3v) is 5.03. The van der Waals surface area contributed by atoms with Gasteiger partial charge in [0, 0.05) is 18.8 Å². The largest absolute Gasteiger partial charge is 0.307 e. The minimum atomic E-state index is 0.458. The van der Waals surface area contributed by atoms with Crippen LogP contribution < -0.4 is 0 Å². The average molecular weight is 291 g/mol. The van der Waals surface area contributed by atoms with Crippen LogP contribution in [0.4, 0.5) is 0 Å². The molecule has 0 aromatic carbocycles. The Morgan fingerprint density at radius 3 is 3.05 bits per heavy atom. The normalized spacial score (nSPS) is 27.1. The summed E-state index contributed by atoms with van der Waals surface area (Å²) in [4.78, 5) is 11.9. The zero-order valence-electron chi connectivity index (χ0n) is 11.5. The smallest absolute Gasteiger partial charge is 0.160 e. The first-order valence-electron chi connectivity index (χ1n) is 7.50. The standard InChI is InChI=1S/C15H19ClN4/c16-10-14-18-11-4-3-7-17-15(11)20(14)13-6-9-19-8-2-1-5-12(13)19/h3-4,7,12-13H,1-2,5-6,8-10H2. The Hall–Kier alpha value is -1.13. The fourth-order valence-electron chi connectivity index (χ4n) is 3.94. The molecule has 2 fully saturated rings. The molecule has 0 saturated carbocycles. The molecule has 2 aliphatic rings. The summed E-state index contributed by atoms with van der Waals surface area (Å²) in [6.45, 7) is 2.45. The number of pyridine rings is 1. The number of piperidine rings is 1. The van der Waals surface area contributed by atoms with Crippen LogP contribution in [0.15, 0.2) is 18.3 Å². The van der Waals surface area contributed by atoms with Crippen LogP contribution in [-0.2, 0) is 5.88 Å². The third kappa shape index (κ3) is 1.85. The van der Waals surface area contributed by atoms with Gasteiger partial charge in [-0.15, -0.1) is 11.6 Å². The van der Waals surface area contributed by atoms with E-state index in [-0.39, 0.29) is 0 Å². The Balaban J connectivity index is 1.81. The van der Waals surface area contributed by atoms with Crippen molar-refractivity contribution in [3.8, 4) is 0 Å². The number of halogens is 1. The maximum atomic E-state index is 6.13. The Labute approximate surface area is 123 Å². The monoisotopic (exact) mass is 290 g/mol. The van der Waals surface area contributed by atoms with Gasteiger partial charge < -0.3 is 4.57 Å². The van der Waals surface area contributed by atoms with Crippen molar-refractivity contribution < 1.29 is 0 Å². The van der Waals surface area contributed by atoms with Gasteiger partial charge in [-0.2, -0.15) is 0 Å². The molecule has 4 heterocycles. The molecule has 0 bridgehead atoms. The highest BCUT2D eigenvalue weighted by atomic mass is 35.5. The zero-order chi connectivity index (χ0) is 13.5. The number of aromatic nitrogens is 3. The average Bonchev–Trinajstić information content (AvgIpc) is 3.07. The molecule has 2 atom stereocenters. The number of nitrogens with zero attached hydrogens (tertiary/aromatic N) is 4. The Morgan fingerprint density at radius 1 is 1.20 bits per heavy atom. The molecule has 4 nitrogen and oxygen atoms in total. The van der Waals surface area contributed by atoms with E-state index in [9.17, 15) is 0 Å². The minimum Gasteiger partial charge on any atom is -0.307 e. The molecule has 2 saturated heterocycles. The molecule has 0 spiro atoms. The van der Waals surface area contributed by atoms with Crippen molar-refractivity contribution in [2.45, 2.75) is 43.6 Å². The molecule has 2 aliphatic heterocycles. The topological polar surface area (TPSA) is 34.0 Å². The van der Waals surface area contributed by atoms with Gasteiger partial charge in [-0.1, -0.05) is 6.42 Å². The van der Waals surface area contributed by atoms with E-state index >= 15 is 0 Å². The van der Waals surface area contributed by atoms with E-state index < -0.39 is 0 Å². The summed E-state index contributed by atoms with van der Waals surface area (Å²) < 4.78 is 2.32. The maximum absolute atomic E-state index is 6.13. The molecule has 20 heavy (non-hydrogen) atoms. The van der Waals surface area contributed by atoms with Crippen LogP contribution >= 0.6 is 11.6 Å². The van der Waals surface area contributed by atoms with Gasteiger partial charge in [0.2, 0.25) is 0 Å². The van der Waals surface area contributed by atoms with E-state index in [1.54, 1.807) is 0 Å². The van der Waals surface area contributed by atoms with Crippen molar-refractivity contribution in [1.29, 1.82) is 0 Å². The van der Waals surface area contributed by atoms with Crippen molar-refractivity contribution >= 4 is 22.8 Å². The molecular formula is C15H19ClN4. The maximum Gasteiger partial charge on any atom is 0.160 e. The summed E-state index contributed by atoms with van der Waals surface area (Å²) in [5.41, 5.74) is 1.97. The summed E-state index contributed by atoms with van der Waals surface area (Å²) >= 11 is 6.13. The highest BCUT2D eigenvalue weighted by Gasteiger charge is 2.38. The van der Waals surface area contributed by atoms with Crippen molar-refractivity contribution in [2.75, 3.05) is 13.1 Å². The minimum absolute atomic E-state index is 0.458. The second kappa shape index (κ2) is 5.01. The van der Waals surface area contributed by atoms with Crippen LogP contribution in [0.2, 0.25) is 0 Å². The van der Waals surface area contributed by atoms with Crippen LogP contribution in [0, 0.1) is 0 Å². The van der Waals surface area contributed by atoms with Crippen molar-refractivity contribution in [3.05, 3.63) is 24.2 Å². The van der Waals surface area contributed by atoms with Crippen LogP contribution in [0.1, 0.15) is 37.5 Å². The van der Waals surface area contributed by atoms with Crippen LogP contribution in [0.25, 0.3) is 11.2 Å². The zero-order valence-corrected chi connectivity index (χ0v) is 12.3. The Kier molecular flexibility index (Phi) is 3.15. The number of hydrogen-bond donors (Lipinski definition) is 0. The van der Waals surface area contributed by atoms with Gasteiger partial charge in [0.05, 0.1) is 11.9 Å². The van der Waals surface area contributed by atoms with Gasteiger partial charge in [-0.3, -0.25) is 4.90 Å². The molecule has 2 aromatic rings. The second-order valence-corrected chi connectivity index (χ2v) is 6.10. The van der Waals surface area contributed by atoms with Gasteiger partial charge in [-0.25, -0.2) is 9.97 Å². The lowest BCUT2D eigenvalue weighted by atomic mass is 9.99. The molecule has 0 N–H and O–H groups in total. The first-order chi connectivity index (χ1) is 9.88. The van der Waals surface area contributed by atoms with Crippen molar-refractivity contribution in [3.63, 3.8) is 0 Å². The van der Waals surface area contributed by atoms with Gasteiger partial charge in [0.1, 0.15) is 11.3 Å². The first-order valence-corrected chi connectivity index (χ1v) is 8.04. The third-order valence-electron chi connectivity index (χ3n) is 4.79. The number of rotatable bonds is 2. The quantitative estimate of drug-likeness (QED) is 0.798. The molecule has 0 radical (unpaired) electrons. The van der Waals surface area contributed by atoms with Gasteiger partial charge in [-0.05, 0) is 37.9 Å². The van der Waals surface area contributed by atoms with Crippen molar-refractivity contribution in [1.82, 2.24) is 19.4 Å². The number of imidazole rings is 1. The molecule has 2 unspecified atom stereocenters. The molecule has 2 aromatic heterocycles. The first kappa shape index (κ1) is 12.6. The lowest BCUT2D eigenvalue weighted by molar-refractivity contribution is 0.173. The van der Waals surface area contributed by atoms with E-state index in [0.717, 1.165) is 17.0 Å². The SMILES string of the molecule is ClCc1nc2cccnc2n1C1CCN2CCCCC12. The highest BCUT2D eigenvalue weighted by molar-refractivity contribution is 6.16. The van der Waals surface area contributed by atoms with Gasteiger partial charge >= 0.3 is 0 Å². The fourth-order valence-corrected chi connectivity index (χ4v) is 4.13. The fraction of sp³-hybridized carbons (Fsp3) is 0.600. The summed E-state index contributed by atoms with van der Waals surface area (Å²) in [7, 11) is 0. The molecular weight excluding hydrogens is 272 g/mol. The number of alkyl halides is 1. The van der Waals surface area contributed by atoms with E-state index in [2.05, 4.69) is 19.4 Å². The van der Waals surface area contributed by atoms with E-state index in [1.165, 1.54) is 38.8 Å². The molecule has 0 aliphatic carbocycles. The predicted molar refractivity (Wildman–Crippen MR) is 80.0 cm³/mol. The summed E-state index contributed by atoms with van der Waals surface area (Å²) in [5.74, 6) is 1.43.